The van der Waals surface area contributed by atoms with Gasteiger partial charge in [-0.1, -0.05) is 5.21 Å². The zero-order valence-corrected chi connectivity index (χ0v) is 10.8. The summed E-state index contributed by atoms with van der Waals surface area (Å²) >= 11 is 1.56. The molecule has 2 aromatic rings. The highest BCUT2D eigenvalue weighted by Crippen LogP contribution is 2.10. The van der Waals surface area contributed by atoms with Gasteiger partial charge in [0.05, 0.1) is 25.1 Å². The van der Waals surface area contributed by atoms with E-state index in [2.05, 4.69) is 20.2 Å². The molecule has 0 bridgehead atoms. The summed E-state index contributed by atoms with van der Waals surface area (Å²) in [4.78, 5) is 6.60. The van der Waals surface area contributed by atoms with Gasteiger partial charge in [-0.2, -0.15) is 4.68 Å². The minimum atomic E-state index is 0.839. The molecule has 1 fully saturated rings. The Morgan fingerprint density at radius 3 is 3.00 bits per heavy atom. The van der Waals surface area contributed by atoms with Gasteiger partial charge in [0.15, 0.2) is 0 Å². The van der Waals surface area contributed by atoms with Gasteiger partial charge in [-0.25, -0.2) is 4.98 Å². The number of rotatable bonds is 4. The molecule has 96 valence electrons. The average Bonchev–Trinajstić information content (AvgIpc) is 3.08. The topological polar surface area (TPSA) is 56.1 Å². The van der Waals surface area contributed by atoms with Gasteiger partial charge in [-0.3, -0.25) is 4.90 Å². The molecule has 7 heteroatoms. The standard InChI is InChI=1S/C11H15N5OS/c1(3-15-4-6-17-7-5-15)10-9-16(14-13-10)11-12-2-8-18-11/h2,8-9H,1,3-7H2. The largest absolute Gasteiger partial charge is 0.379 e. The van der Waals surface area contributed by atoms with Crippen LogP contribution in [-0.2, 0) is 11.2 Å². The van der Waals surface area contributed by atoms with Gasteiger partial charge >= 0.3 is 0 Å². The maximum atomic E-state index is 5.32. The molecule has 0 radical (unpaired) electrons. The number of hydrogen-bond acceptors (Lipinski definition) is 6. The van der Waals surface area contributed by atoms with E-state index in [1.54, 1.807) is 22.2 Å². The van der Waals surface area contributed by atoms with E-state index in [-0.39, 0.29) is 0 Å². The van der Waals surface area contributed by atoms with Crippen molar-refractivity contribution in [3.63, 3.8) is 0 Å². The fraction of sp³-hybridized carbons (Fsp3) is 0.545. The highest BCUT2D eigenvalue weighted by atomic mass is 32.1. The van der Waals surface area contributed by atoms with Gasteiger partial charge in [0.2, 0.25) is 5.13 Å². The Balaban J connectivity index is 1.57. The van der Waals surface area contributed by atoms with E-state index in [1.807, 2.05) is 11.6 Å². The van der Waals surface area contributed by atoms with E-state index in [9.17, 15) is 0 Å². The number of morpholine rings is 1. The summed E-state index contributed by atoms with van der Waals surface area (Å²) in [5, 5.41) is 11.1. The van der Waals surface area contributed by atoms with Crippen molar-refractivity contribution in [2.45, 2.75) is 6.42 Å². The molecule has 0 aromatic carbocycles. The Labute approximate surface area is 109 Å². The fourth-order valence-corrected chi connectivity index (χ4v) is 2.50. The molecular formula is C11H15N5OS. The molecule has 18 heavy (non-hydrogen) atoms. The first-order chi connectivity index (χ1) is 8.92. The number of thiazole rings is 1. The third kappa shape index (κ3) is 2.74. The predicted octanol–water partition coefficient (Wildman–Crippen LogP) is 0.598. The van der Waals surface area contributed by atoms with Crippen LogP contribution in [0.25, 0.3) is 5.13 Å². The third-order valence-electron chi connectivity index (χ3n) is 2.94. The summed E-state index contributed by atoms with van der Waals surface area (Å²) in [6.07, 6.45) is 4.65. The van der Waals surface area contributed by atoms with Crippen molar-refractivity contribution in [2.75, 3.05) is 32.8 Å². The molecule has 1 aliphatic rings. The minimum absolute atomic E-state index is 0.839. The van der Waals surface area contributed by atoms with Crippen molar-refractivity contribution in [3.05, 3.63) is 23.5 Å². The molecule has 3 rings (SSSR count). The van der Waals surface area contributed by atoms with Crippen LogP contribution in [0.15, 0.2) is 17.8 Å². The van der Waals surface area contributed by atoms with Crippen LogP contribution in [-0.4, -0.2) is 57.7 Å². The predicted molar refractivity (Wildman–Crippen MR) is 68.0 cm³/mol. The Kier molecular flexibility index (Phi) is 3.63. The molecule has 0 amide bonds. The van der Waals surface area contributed by atoms with Crippen LogP contribution in [0.3, 0.4) is 0 Å². The molecular weight excluding hydrogens is 250 g/mol. The van der Waals surface area contributed by atoms with E-state index in [1.165, 1.54) is 0 Å². The highest BCUT2D eigenvalue weighted by Gasteiger charge is 2.11. The Bertz CT molecular complexity index is 477. The molecule has 1 saturated heterocycles. The lowest BCUT2D eigenvalue weighted by Crippen LogP contribution is -2.37. The normalized spacial score (nSPS) is 17.1. The van der Waals surface area contributed by atoms with E-state index in [4.69, 9.17) is 4.74 Å². The maximum absolute atomic E-state index is 5.32. The molecule has 2 aromatic heterocycles. The van der Waals surface area contributed by atoms with Crippen LogP contribution < -0.4 is 0 Å². The summed E-state index contributed by atoms with van der Waals surface area (Å²) in [6, 6.07) is 0. The summed E-state index contributed by atoms with van der Waals surface area (Å²) < 4.78 is 7.06. The molecule has 0 unspecified atom stereocenters. The second-order valence-electron chi connectivity index (χ2n) is 4.17. The third-order valence-corrected chi connectivity index (χ3v) is 3.71. The lowest BCUT2D eigenvalue weighted by Gasteiger charge is -2.25. The molecule has 6 nitrogen and oxygen atoms in total. The SMILES string of the molecule is c1csc(-n2cc(CCN3CCOCC3)nn2)n1. The van der Waals surface area contributed by atoms with Crippen molar-refractivity contribution >= 4 is 11.3 Å². The lowest BCUT2D eigenvalue weighted by molar-refractivity contribution is 0.0383. The van der Waals surface area contributed by atoms with E-state index < -0.39 is 0 Å². The molecule has 0 aliphatic carbocycles. The molecule has 1 aliphatic heterocycles. The second kappa shape index (κ2) is 5.55. The van der Waals surface area contributed by atoms with Crippen LogP contribution in [0.2, 0.25) is 0 Å². The molecule has 0 saturated carbocycles. The highest BCUT2D eigenvalue weighted by molar-refractivity contribution is 7.12. The zero-order chi connectivity index (χ0) is 12.2. The number of hydrogen-bond donors (Lipinski definition) is 0. The number of aromatic nitrogens is 4. The average molecular weight is 265 g/mol. The van der Waals surface area contributed by atoms with E-state index in [0.717, 1.165) is 50.1 Å². The minimum Gasteiger partial charge on any atom is -0.379 e. The van der Waals surface area contributed by atoms with Gasteiger partial charge in [-0.15, -0.1) is 16.4 Å². The van der Waals surface area contributed by atoms with Crippen LogP contribution in [0.1, 0.15) is 5.69 Å². The zero-order valence-electron chi connectivity index (χ0n) is 10.0. The quantitative estimate of drug-likeness (QED) is 0.810. The van der Waals surface area contributed by atoms with Crippen molar-refractivity contribution in [1.82, 2.24) is 24.9 Å². The molecule has 3 heterocycles. The van der Waals surface area contributed by atoms with Gasteiger partial charge in [-0.05, 0) is 0 Å². The van der Waals surface area contributed by atoms with Gasteiger partial charge in [0, 0.05) is 37.6 Å². The molecule has 0 N–H and O–H groups in total. The Morgan fingerprint density at radius 1 is 1.33 bits per heavy atom. The molecule has 0 spiro atoms. The first-order valence-electron chi connectivity index (χ1n) is 6.03. The van der Waals surface area contributed by atoms with Crippen LogP contribution in [0.4, 0.5) is 0 Å². The smallest absolute Gasteiger partial charge is 0.211 e. The maximum Gasteiger partial charge on any atom is 0.211 e. The fourth-order valence-electron chi connectivity index (χ4n) is 1.93. The van der Waals surface area contributed by atoms with Crippen molar-refractivity contribution in [3.8, 4) is 5.13 Å². The van der Waals surface area contributed by atoms with Crippen LogP contribution >= 0.6 is 11.3 Å². The lowest BCUT2D eigenvalue weighted by atomic mass is 10.3. The second-order valence-corrected chi connectivity index (χ2v) is 5.05. The van der Waals surface area contributed by atoms with Crippen LogP contribution in [0, 0.1) is 0 Å². The number of nitrogens with zero attached hydrogens (tertiary/aromatic N) is 5. The van der Waals surface area contributed by atoms with Crippen molar-refractivity contribution in [1.29, 1.82) is 0 Å². The van der Waals surface area contributed by atoms with Gasteiger partial charge < -0.3 is 4.74 Å². The van der Waals surface area contributed by atoms with Crippen molar-refractivity contribution in [2.24, 2.45) is 0 Å². The van der Waals surface area contributed by atoms with Gasteiger partial charge in [0.25, 0.3) is 0 Å². The Hall–Kier alpha value is -1.31. The monoisotopic (exact) mass is 265 g/mol. The van der Waals surface area contributed by atoms with Crippen molar-refractivity contribution < 1.29 is 4.74 Å². The summed E-state index contributed by atoms with van der Waals surface area (Å²) in [5.41, 5.74) is 1.01. The molecule has 0 atom stereocenters. The van der Waals surface area contributed by atoms with E-state index >= 15 is 0 Å². The first-order valence-corrected chi connectivity index (χ1v) is 6.91. The first kappa shape index (κ1) is 11.8. The van der Waals surface area contributed by atoms with Gasteiger partial charge in [0.1, 0.15) is 0 Å². The Morgan fingerprint density at radius 2 is 2.22 bits per heavy atom. The van der Waals surface area contributed by atoms with Crippen LogP contribution in [0.5, 0.6) is 0 Å². The van der Waals surface area contributed by atoms with E-state index in [0.29, 0.717) is 0 Å². The summed E-state index contributed by atoms with van der Waals surface area (Å²) in [5.74, 6) is 0. The summed E-state index contributed by atoms with van der Waals surface area (Å²) in [7, 11) is 0. The number of ether oxygens (including phenoxy) is 1. The summed E-state index contributed by atoms with van der Waals surface area (Å²) in [6.45, 7) is 4.72.